The fourth-order valence-electron chi connectivity index (χ4n) is 2.61. The predicted molar refractivity (Wildman–Crippen MR) is 106 cm³/mol. The third kappa shape index (κ3) is 5.14. The lowest BCUT2D eigenvalue weighted by molar-refractivity contribution is 0.323. The normalized spacial score (nSPS) is 12.2. The highest BCUT2D eigenvalue weighted by molar-refractivity contribution is 7.93. The fraction of sp³-hybridized carbons (Fsp3) is 0.222. The van der Waals surface area contributed by atoms with Gasteiger partial charge in [-0.15, -0.1) is 0 Å². The Kier molecular flexibility index (Phi) is 6.90. The molecule has 0 radical (unpaired) electrons. The van der Waals surface area contributed by atoms with E-state index in [1.165, 1.54) is 39.5 Å². The molecule has 0 aliphatic heterocycles. The van der Waals surface area contributed by atoms with Gasteiger partial charge in [-0.2, -0.15) is 0 Å². The minimum atomic E-state index is -4.53. The van der Waals surface area contributed by atoms with Gasteiger partial charge in [-0.3, -0.25) is 4.57 Å². The van der Waals surface area contributed by atoms with E-state index in [-0.39, 0.29) is 22.4 Å². The first kappa shape index (κ1) is 22.0. The van der Waals surface area contributed by atoms with Crippen LogP contribution in [0.25, 0.3) is 6.08 Å². The van der Waals surface area contributed by atoms with Crippen molar-refractivity contribution in [3.05, 3.63) is 52.9 Å². The molecule has 0 aromatic heterocycles. The lowest BCUT2D eigenvalue weighted by Crippen LogP contribution is -2.08. The Bertz CT molecular complexity index is 1020. The molecule has 2 aromatic carbocycles. The van der Waals surface area contributed by atoms with Gasteiger partial charge < -0.3 is 24.0 Å². The SMILES string of the molecule is COc1ccc(CS(=O)(=O)/C=C\c2ccccc2P(=O)(O)O)c(OC)c1OC. The molecule has 0 saturated carbocycles. The van der Waals surface area contributed by atoms with Gasteiger partial charge in [0, 0.05) is 11.0 Å². The quantitative estimate of drug-likeness (QED) is 0.614. The van der Waals surface area contributed by atoms with Crippen LogP contribution in [0.1, 0.15) is 11.1 Å². The smallest absolute Gasteiger partial charge is 0.356 e. The summed E-state index contributed by atoms with van der Waals surface area (Å²) in [6.45, 7) is 0. The minimum Gasteiger partial charge on any atom is -0.493 e. The van der Waals surface area contributed by atoms with E-state index in [4.69, 9.17) is 14.2 Å². The van der Waals surface area contributed by atoms with Crippen LogP contribution in [0, 0.1) is 0 Å². The summed E-state index contributed by atoms with van der Waals surface area (Å²) in [4.78, 5) is 18.8. The summed E-state index contributed by atoms with van der Waals surface area (Å²) in [6.07, 6.45) is 1.16. The average Bonchev–Trinajstić information content (AvgIpc) is 2.65. The Morgan fingerprint density at radius 1 is 0.964 bits per heavy atom. The van der Waals surface area contributed by atoms with Crippen molar-refractivity contribution in [3.8, 4) is 17.2 Å². The maximum absolute atomic E-state index is 12.5. The van der Waals surface area contributed by atoms with Crippen LogP contribution in [0.4, 0.5) is 0 Å². The molecular formula is C18H21O8PS. The van der Waals surface area contributed by atoms with Crippen LogP contribution < -0.4 is 19.5 Å². The van der Waals surface area contributed by atoms with E-state index in [0.717, 1.165) is 11.5 Å². The molecule has 0 unspecified atom stereocenters. The van der Waals surface area contributed by atoms with Gasteiger partial charge in [0.2, 0.25) is 5.75 Å². The zero-order chi connectivity index (χ0) is 20.9. The Hall–Kier alpha value is -2.32. The monoisotopic (exact) mass is 428 g/mol. The van der Waals surface area contributed by atoms with Crippen LogP contribution >= 0.6 is 7.60 Å². The maximum Gasteiger partial charge on any atom is 0.356 e. The van der Waals surface area contributed by atoms with Gasteiger partial charge in [0.25, 0.3) is 0 Å². The van der Waals surface area contributed by atoms with Crippen molar-refractivity contribution in [1.82, 2.24) is 0 Å². The molecule has 0 atom stereocenters. The third-order valence-corrected chi connectivity index (χ3v) is 6.15. The second-order valence-corrected chi connectivity index (χ2v) is 9.16. The van der Waals surface area contributed by atoms with Crippen molar-refractivity contribution in [1.29, 1.82) is 0 Å². The van der Waals surface area contributed by atoms with Gasteiger partial charge in [-0.25, -0.2) is 8.42 Å². The van der Waals surface area contributed by atoms with Crippen molar-refractivity contribution in [2.24, 2.45) is 0 Å². The molecule has 10 heteroatoms. The third-order valence-electron chi connectivity index (χ3n) is 3.85. The Balaban J connectivity index is 2.39. The van der Waals surface area contributed by atoms with Gasteiger partial charge >= 0.3 is 7.60 Å². The number of hydrogen-bond donors (Lipinski definition) is 2. The first-order chi connectivity index (χ1) is 13.1. The topological polar surface area (TPSA) is 119 Å². The Labute approximate surface area is 163 Å². The van der Waals surface area contributed by atoms with Crippen molar-refractivity contribution in [3.63, 3.8) is 0 Å². The molecule has 2 rings (SSSR count). The number of benzene rings is 2. The summed E-state index contributed by atoms with van der Waals surface area (Å²) in [5, 5.41) is 0.669. The van der Waals surface area contributed by atoms with Crippen LogP contribution in [0.2, 0.25) is 0 Å². The van der Waals surface area contributed by atoms with Gasteiger partial charge in [0.1, 0.15) is 0 Å². The van der Waals surface area contributed by atoms with Gasteiger partial charge in [0.15, 0.2) is 21.3 Å². The molecule has 2 aromatic rings. The molecule has 0 fully saturated rings. The van der Waals surface area contributed by atoms with Crippen LogP contribution in [0.5, 0.6) is 17.2 Å². The summed E-state index contributed by atoms with van der Waals surface area (Å²) in [5.41, 5.74) is 0.478. The van der Waals surface area contributed by atoms with E-state index < -0.39 is 23.2 Å². The molecule has 28 heavy (non-hydrogen) atoms. The fourth-order valence-corrected chi connectivity index (χ4v) is 4.49. The van der Waals surface area contributed by atoms with Crippen LogP contribution in [-0.2, 0) is 20.2 Å². The molecule has 0 amide bonds. The number of sulfone groups is 1. The second kappa shape index (κ2) is 8.79. The first-order valence-electron chi connectivity index (χ1n) is 7.96. The van der Waals surface area contributed by atoms with E-state index in [9.17, 15) is 22.8 Å². The lowest BCUT2D eigenvalue weighted by atomic mass is 10.2. The highest BCUT2D eigenvalue weighted by Crippen LogP contribution is 2.40. The minimum absolute atomic E-state index is 0.124. The summed E-state index contributed by atoms with van der Waals surface area (Å²) in [6, 6.07) is 8.83. The van der Waals surface area contributed by atoms with Crippen molar-refractivity contribution < 1.29 is 37.0 Å². The van der Waals surface area contributed by atoms with E-state index in [2.05, 4.69) is 0 Å². The highest BCUT2D eigenvalue weighted by atomic mass is 32.2. The van der Waals surface area contributed by atoms with Crippen molar-refractivity contribution in [2.45, 2.75) is 5.75 Å². The maximum atomic E-state index is 12.5. The molecule has 0 aliphatic rings. The first-order valence-corrected chi connectivity index (χ1v) is 11.3. The van der Waals surface area contributed by atoms with E-state index in [0.29, 0.717) is 11.3 Å². The van der Waals surface area contributed by atoms with E-state index >= 15 is 0 Å². The molecule has 0 heterocycles. The van der Waals surface area contributed by atoms with Crippen LogP contribution in [0.15, 0.2) is 41.8 Å². The van der Waals surface area contributed by atoms with E-state index in [1.807, 2.05) is 0 Å². The molecule has 0 aliphatic carbocycles. The predicted octanol–water partition coefficient (Wildman–Crippen LogP) is 2.10. The molecule has 0 saturated heterocycles. The zero-order valence-corrected chi connectivity index (χ0v) is 17.2. The summed E-state index contributed by atoms with van der Waals surface area (Å²) < 4.78 is 52.4. The van der Waals surface area contributed by atoms with Crippen molar-refractivity contribution in [2.75, 3.05) is 21.3 Å². The number of ether oxygens (including phenoxy) is 3. The summed E-state index contributed by atoms with van der Waals surface area (Å²) >= 11 is 0. The molecule has 0 spiro atoms. The average molecular weight is 428 g/mol. The van der Waals surface area contributed by atoms with E-state index in [1.54, 1.807) is 18.2 Å². The number of methoxy groups -OCH3 is 3. The van der Waals surface area contributed by atoms with Gasteiger partial charge in [0.05, 0.1) is 32.4 Å². The van der Waals surface area contributed by atoms with Crippen LogP contribution in [0.3, 0.4) is 0 Å². The highest BCUT2D eigenvalue weighted by Gasteiger charge is 2.21. The van der Waals surface area contributed by atoms with Crippen LogP contribution in [-0.4, -0.2) is 39.5 Å². The molecular weight excluding hydrogens is 407 g/mol. The molecule has 8 nitrogen and oxygen atoms in total. The lowest BCUT2D eigenvalue weighted by Gasteiger charge is -2.15. The number of rotatable bonds is 8. The second-order valence-electron chi connectivity index (χ2n) is 5.71. The largest absolute Gasteiger partial charge is 0.493 e. The number of hydrogen-bond acceptors (Lipinski definition) is 6. The Morgan fingerprint density at radius 2 is 1.61 bits per heavy atom. The molecule has 0 bridgehead atoms. The molecule has 152 valence electrons. The van der Waals surface area contributed by atoms with Crippen molar-refractivity contribution >= 4 is 28.8 Å². The van der Waals surface area contributed by atoms with Gasteiger partial charge in [-0.05, 0) is 23.8 Å². The van der Waals surface area contributed by atoms with Gasteiger partial charge in [-0.1, -0.05) is 24.3 Å². The summed E-state index contributed by atoms with van der Waals surface area (Å²) in [7, 11) is -4.06. The Morgan fingerprint density at radius 3 is 2.18 bits per heavy atom. The standard InChI is InChI=1S/C18H21O8PS/c1-24-15-9-8-14(17(25-2)18(15)26-3)12-28(22,23)11-10-13-6-4-5-7-16(13)27(19,20)21/h4-11H,12H2,1-3H3,(H2,19,20,21)/b11-10-. The zero-order valence-electron chi connectivity index (χ0n) is 15.5. The molecule has 2 N–H and O–H groups in total. The summed E-state index contributed by atoms with van der Waals surface area (Å²) in [5.74, 6) is 0.500.